The number of aryl methyl sites for hydroxylation is 2. The summed E-state index contributed by atoms with van der Waals surface area (Å²) in [5.41, 5.74) is 1.93. The van der Waals surface area contributed by atoms with E-state index < -0.39 is 0 Å². The zero-order valence-corrected chi connectivity index (χ0v) is 12.3. The van der Waals surface area contributed by atoms with E-state index in [1.54, 1.807) is 6.07 Å². The van der Waals surface area contributed by atoms with Gasteiger partial charge in [0.15, 0.2) is 0 Å². The molecule has 0 aliphatic carbocycles. The molecule has 19 heavy (non-hydrogen) atoms. The first-order chi connectivity index (χ1) is 9.03. The maximum atomic E-state index is 12.0. The van der Waals surface area contributed by atoms with Crippen LogP contribution in [0.1, 0.15) is 62.2 Å². The molecule has 1 heterocycles. The third kappa shape index (κ3) is 3.94. The molecule has 0 spiro atoms. The number of aromatic nitrogens is 1. The lowest BCUT2D eigenvalue weighted by molar-refractivity contribution is 0.0937. The molecule has 2 N–H and O–H groups in total. The van der Waals surface area contributed by atoms with Crippen molar-refractivity contribution in [3.05, 3.63) is 33.2 Å². The molecule has 0 saturated carbocycles. The number of nitrogens with one attached hydrogen (secondary N) is 2. The minimum absolute atomic E-state index is 0.0762. The van der Waals surface area contributed by atoms with Gasteiger partial charge in [-0.05, 0) is 37.8 Å². The lowest BCUT2D eigenvalue weighted by Gasteiger charge is -2.13. The third-order valence-electron chi connectivity index (χ3n) is 3.33. The zero-order valence-electron chi connectivity index (χ0n) is 12.3. The summed E-state index contributed by atoms with van der Waals surface area (Å²) < 4.78 is 0. The summed E-state index contributed by atoms with van der Waals surface area (Å²) in [4.78, 5) is 26.9. The molecule has 4 heteroatoms. The monoisotopic (exact) mass is 264 g/mol. The number of carbonyl (C=O) groups excluding carboxylic acids is 1. The Morgan fingerprint density at radius 3 is 2.58 bits per heavy atom. The first-order valence-corrected chi connectivity index (χ1v) is 7.09. The summed E-state index contributed by atoms with van der Waals surface area (Å²) in [6.07, 6.45) is 3.47. The van der Waals surface area contributed by atoms with Gasteiger partial charge < -0.3 is 10.3 Å². The fourth-order valence-electron chi connectivity index (χ4n) is 1.97. The molecule has 0 saturated heterocycles. The van der Waals surface area contributed by atoms with E-state index in [1.165, 1.54) is 0 Å². The van der Waals surface area contributed by atoms with Gasteiger partial charge in [0.2, 0.25) is 0 Å². The summed E-state index contributed by atoms with van der Waals surface area (Å²) in [5.74, 6) is -0.284. The second kappa shape index (κ2) is 7.12. The highest BCUT2D eigenvalue weighted by Crippen LogP contribution is 2.09. The van der Waals surface area contributed by atoms with E-state index in [0.717, 1.165) is 36.9 Å². The molecule has 106 valence electrons. The SMILES string of the molecule is CCCc1[nH]c(=O)c(C(=O)N[C@@H](C)CC)cc1CC. The molecule has 1 amide bonds. The molecule has 1 aromatic rings. The predicted molar refractivity (Wildman–Crippen MR) is 77.7 cm³/mol. The van der Waals surface area contributed by atoms with E-state index in [9.17, 15) is 9.59 Å². The van der Waals surface area contributed by atoms with Gasteiger partial charge in [-0.15, -0.1) is 0 Å². The van der Waals surface area contributed by atoms with Crippen LogP contribution >= 0.6 is 0 Å². The average molecular weight is 264 g/mol. The highest BCUT2D eigenvalue weighted by Gasteiger charge is 2.15. The number of H-pyrrole nitrogens is 1. The van der Waals surface area contributed by atoms with Crippen molar-refractivity contribution in [2.45, 2.75) is 59.4 Å². The van der Waals surface area contributed by atoms with E-state index in [4.69, 9.17) is 0 Å². The Labute approximate surface area is 114 Å². The molecule has 0 aliphatic heterocycles. The van der Waals surface area contributed by atoms with Crippen LogP contribution in [0, 0.1) is 0 Å². The minimum atomic E-state index is -0.290. The molecule has 0 aliphatic rings. The number of rotatable bonds is 6. The van der Waals surface area contributed by atoms with Gasteiger partial charge in [-0.2, -0.15) is 0 Å². The maximum absolute atomic E-state index is 12.0. The Morgan fingerprint density at radius 1 is 1.37 bits per heavy atom. The molecule has 4 nitrogen and oxygen atoms in total. The Kier molecular flexibility index (Phi) is 5.80. The summed E-state index contributed by atoms with van der Waals surface area (Å²) in [6.45, 7) is 8.03. The van der Waals surface area contributed by atoms with Crippen LogP contribution in [0.5, 0.6) is 0 Å². The Morgan fingerprint density at radius 2 is 2.05 bits per heavy atom. The highest BCUT2D eigenvalue weighted by atomic mass is 16.2. The van der Waals surface area contributed by atoms with E-state index in [0.29, 0.717) is 0 Å². The highest BCUT2D eigenvalue weighted by molar-refractivity contribution is 5.94. The standard InChI is InChI=1S/C15H24N2O2/c1-5-8-13-11(7-3)9-12(15(19)17-13)14(18)16-10(4)6-2/h9-10H,5-8H2,1-4H3,(H,16,18)(H,17,19)/t10-/m0/s1. The molecule has 0 radical (unpaired) electrons. The van der Waals surface area contributed by atoms with Gasteiger partial charge in [0.1, 0.15) is 5.56 Å². The van der Waals surface area contributed by atoms with Crippen molar-refractivity contribution in [3.8, 4) is 0 Å². The van der Waals surface area contributed by atoms with Gasteiger partial charge in [-0.3, -0.25) is 9.59 Å². The summed E-state index contributed by atoms with van der Waals surface area (Å²) >= 11 is 0. The number of aromatic amines is 1. The average Bonchev–Trinajstić information content (AvgIpc) is 2.39. The van der Waals surface area contributed by atoms with Crippen LogP contribution in [0.3, 0.4) is 0 Å². The van der Waals surface area contributed by atoms with Gasteiger partial charge in [0.25, 0.3) is 11.5 Å². The smallest absolute Gasteiger partial charge is 0.261 e. The zero-order chi connectivity index (χ0) is 14.4. The molecule has 1 rings (SSSR count). The number of pyridine rings is 1. The molecule has 1 aromatic heterocycles. The summed E-state index contributed by atoms with van der Waals surface area (Å²) in [6, 6.07) is 1.81. The normalized spacial score (nSPS) is 12.2. The van der Waals surface area contributed by atoms with Crippen LogP contribution in [0.2, 0.25) is 0 Å². The van der Waals surface area contributed by atoms with E-state index in [-0.39, 0.29) is 23.1 Å². The molecular weight excluding hydrogens is 240 g/mol. The van der Waals surface area contributed by atoms with E-state index >= 15 is 0 Å². The van der Waals surface area contributed by atoms with Crippen molar-refractivity contribution < 1.29 is 4.79 Å². The van der Waals surface area contributed by atoms with Crippen molar-refractivity contribution in [1.82, 2.24) is 10.3 Å². The van der Waals surface area contributed by atoms with Crippen molar-refractivity contribution >= 4 is 5.91 Å². The molecule has 0 unspecified atom stereocenters. The molecular formula is C15H24N2O2. The quantitative estimate of drug-likeness (QED) is 0.829. The molecule has 0 bridgehead atoms. The molecule has 0 aromatic carbocycles. The Balaban J connectivity index is 3.08. The Hall–Kier alpha value is -1.58. The fraction of sp³-hybridized carbons (Fsp3) is 0.600. The van der Waals surface area contributed by atoms with Crippen molar-refractivity contribution in [3.63, 3.8) is 0 Å². The van der Waals surface area contributed by atoms with Crippen molar-refractivity contribution in [1.29, 1.82) is 0 Å². The predicted octanol–water partition coefficient (Wildman–Crippen LogP) is 2.42. The molecule has 1 atom stereocenters. The van der Waals surface area contributed by atoms with E-state index in [2.05, 4.69) is 17.2 Å². The van der Waals surface area contributed by atoms with Crippen LogP contribution in [-0.2, 0) is 12.8 Å². The first kappa shape index (κ1) is 15.5. The summed E-state index contributed by atoms with van der Waals surface area (Å²) in [7, 11) is 0. The number of hydrogen-bond donors (Lipinski definition) is 2. The van der Waals surface area contributed by atoms with Crippen LogP contribution in [0.25, 0.3) is 0 Å². The summed E-state index contributed by atoms with van der Waals surface area (Å²) in [5, 5.41) is 2.83. The topological polar surface area (TPSA) is 62.0 Å². The van der Waals surface area contributed by atoms with Gasteiger partial charge in [0, 0.05) is 11.7 Å². The number of amides is 1. The maximum Gasteiger partial charge on any atom is 0.261 e. The Bertz CT molecular complexity index is 491. The first-order valence-electron chi connectivity index (χ1n) is 7.09. The second-order valence-electron chi connectivity index (χ2n) is 4.90. The fourth-order valence-corrected chi connectivity index (χ4v) is 1.97. The van der Waals surface area contributed by atoms with Crippen LogP contribution in [-0.4, -0.2) is 16.9 Å². The van der Waals surface area contributed by atoms with Gasteiger partial charge in [-0.1, -0.05) is 27.2 Å². The lowest BCUT2D eigenvalue weighted by atomic mass is 10.0. The third-order valence-corrected chi connectivity index (χ3v) is 3.33. The van der Waals surface area contributed by atoms with E-state index in [1.807, 2.05) is 20.8 Å². The lowest BCUT2D eigenvalue weighted by Crippen LogP contribution is -2.36. The van der Waals surface area contributed by atoms with Gasteiger partial charge >= 0.3 is 0 Å². The van der Waals surface area contributed by atoms with Crippen molar-refractivity contribution in [2.24, 2.45) is 0 Å². The van der Waals surface area contributed by atoms with Crippen LogP contribution < -0.4 is 10.9 Å². The van der Waals surface area contributed by atoms with Gasteiger partial charge in [0.05, 0.1) is 0 Å². The number of hydrogen-bond acceptors (Lipinski definition) is 2. The largest absolute Gasteiger partial charge is 0.349 e. The van der Waals surface area contributed by atoms with Crippen molar-refractivity contribution in [2.75, 3.05) is 0 Å². The van der Waals surface area contributed by atoms with Gasteiger partial charge in [-0.25, -0.2) is 0 Å². The second-order valence-corrected chi connectivity index (χ2v) is 4.90. The number of carbonyl (C=O) groups is 1. The molecule has 0 fully saturated rings. The minimum Gasteiger partial charge on any atom is -0.349 e. The van der Waals surface area contributed by atoms with Crippen LogP contribution in [0.4, 0.5) is 0 Å². The van der Waals surface area contributed by atoms with Crippen LogP contribution in [0.15, 0.2) is 10.9 Å².